The van der Waals surface area contributed by atoms with Crippen molar-refractivity contribution in [2.75, 3.05) is 37.9 Å². The lowest BCUT2D eigenvalue weighted by Crippen LogP contribution is -2.51. The van der Waals surface area contributed by atoms with Gasteiger partial charge in [-0.15, -0.1) is 0 Å². The lowest BCUT2D eigenvalue weighted by atomic mass is 10.1. The number of sulfonamides is 1. The smallest absolute Gasteiger partial charge is 0.244 e. The first-order chi connectivity index (χ1) is 15.6. The number of benzene rings is 2. The Labute approximate surface area is 195 Å². The summed E-state index contributed by atoms with van der Waals surface area (Å²) in [7, 11) is -0.848. The minimum Gasteiger partial charge on any atom is -0.497 e. The van der Waals surface area contributed by atoms with Crippen LogP contribution in [-0.4, -0.2) is 64.7 Å². The van der Waals surface area contributed by atoms with Crippen molar-refractivity contribution in [3.63, 3.8) is 0 Å². The topological polar surface area (TPSA) is 105 Å². The molecule has 0 aliphatic rings. The van der Waals surface area contributed by atoms with Gasteiger partial charge in [-0.3, -0.25) is 13.9 Å². The third-order valence-corrected chi connectivity index (χ3v) is 6.19. The van der Waals surface area contributed by atoms with Gasteiger partial charge < -0.3 is 19.7 Å². The zero-order valence-corrected chi connectivity index (χ0v) is 20.4. The quantitative estimate of drug-likeness (QED) is 0.531. The number of anilines is 1. The SMILES string of the molecule is CCNC(=O)C(C)N(Cc1ccc(OC)cc1)C(=O)CN(c1ccccc1OC)S(C)(=O)=O. The van der Waals surface area contributed by atoms with Crippen LogP contribution in [0.4, 0.5) is 5.69 Å². The normalized spacial score (nSPS) is 11.9. The lowest BCUT2D eigenvalue weighted by Gasteiger charge is -2.31. The van der Waals surface area contributed by atoms with Crippen LogP contribution in [0.2, 0.25) is 0 Å². The van der Waals surface area contributed by atoms with Gasteiger partial charge >= 0.3 is 0 Å². The summed E-state index contributed by atoms with van der Waals surface area (Å²) in [4.78, 5) is 27.3. The van der Waals surface area contributed by atoms with Crippen LogP contribution >= 0.6 is 0 Å². The van der Waals surface area contributed by atoms with Gasteiger partial charge in [0.15, 0.2) is 0 Å². The molecule has 0 heterocycles. The molecule has 1 unspecified atom stereocenters. The van der Waals surface area contributed by atoms with Crippen molar-refractivity contribution in [3.8, 4) is 11.5 Å². The van der Waals surface area contributed by atoms with Crippen molar-refractivity contribution in [3.05, 3.63) is 54.1 Å². The van der Waals surface area contributed by atoms with Crippen LogP contribution in [-0.2, 0) is 26.2 Å². The molecule has 0 fully saturated rings. The summed E-state index contributed by atoms with van der Waals surface area (Å²) in [6, 6.07) is 12.8. The van der Waals surface area contributed by atoms with E-state index in [1.165, 1.54) is 12.0 Å². The zero-order valence-electron chi connectivity index (χ0n) is 19.6. The number of hydrogen-bond donors (Lipinski definition) is 1. The average Bonchev–Trinajstić information content (AvgIpc) is 2.80. The van der Waals surface area contributed by atoms with Gasteiger partial charge in [-0.2, -0.15) is 0 Å². The summed E-state index contributed by atoms with van der Waals surface area (Å²) >= 11 is 0. The molecule has 0 bridgehead atoms. The first-order valence-corrected chi connectivity index (χ1v) is 12.3. The largest absolute Gasteiger partial charge is 0.497 e. The maximum absolute atomic E-state index is 13.4. The molecule has 2 amide bonds. The average molecular weight is 478 g/mol. The van der Waals surface area contributed by atoms with Gasteiger partial charge in [0, 0.05) is 13.1 Å². The monoisotopic (exact) mass is 477 g/mol. The number of nitrogens with one attached hydrogen (secondary N) is 1. The fourth-order valence-electron chi connectivity index (χ4n) is 3.26. The third-order valence-electron chi connectivity index (χ3n) is 5.06. The Morgan fingerprint density at radius 1 is 1.03 bits per heavy atom. The number of para-hydroxylation sites is 2. The standard InChI is InChI=1S/C23H31N3O6S/c1-6-24-23(28)17(2)25(15-18-11-13-19(31-3)14-12-18)22(27)16-26(33(5,29)30)20-9-7-8-10-21(20)32-4/h7-14,17H,6,15-16H2,1-5H3,(H,24,28). The number of nitrogens with zero attached hydrogens (tertiary/aromatic N) is 2. The van der Waals surface area contributed by atoms with E-state index in [1.54, 1.807) is 69.5 Å². The van der Waals surface area contributed by atoms with Crippen LogP contribution in [0.25, 0.3) is 0 Å². The van der Waals surface area contributed by atoms with E-state index in [-0.39, 0.29) is 18.1 Å². The maximum atomic E-state index is 13.4. The number of ether oxygens (including phenoxy) is 2. The van der Waals surface area contributed by atoms with E-state index in [2.05, 4.69) is 5.32 Å². The molecule has 0 aromatic heterocycles. The van der Waals surface area contributed by atoms with E-state index in [0.29, 0.717) is 18.0 Å². The maximum Gasteiger partial charge on any atom is 0.244 e. The van der Waals surface area contributed by atoms with E-state index >= 15 is 0 Å². The number of hydrogen-bond acceptors (Lipinski definition) is 6. The minimum absolute atomic E-state index is 0.116. The molecule has 33 heavy (non-hydrogen) atoms. The summed E-state index contributed by atoms with van der Waals surface area (Å²) in [5.74, 6) is 0.116. The fourth-order valence-corrected chi connectivity index (χ4v) is 4.12. The highest BCUT2D eigenvalue weighted by Gasteiger charge is 2.30. The molecule has 180 valence electrons. The van der Waals surface area contributed by atoms with Crippen molar-refractivity contribution in [2.24, 2.45) is 0 Å². The van der Waals surface area contributed by atoms with Crippen molar-refractivity contribution >= 4 is 27.5 Å². The van der Waals surface area contributed by atoms with Crippen molar-refractivity contribution in [1.29, 1.82) is 0 Å². The Morgan fingerprint density at radius 3 is 2.21 bits per heavy atom. The summed E-state index contributed by atoms with van der Waals surface area (Å²) in [5, 5.41) is 2.71. The zero-order chi connectivity index (χ0) is 24.6. The van der Waals surface area contributed by atoms with Gasteiger partial charge in [0.2, 0.25) is 21.8 Å². The highest BCUT2D eigenvalue weighted by molar-refractivity contribution is 7.92. The van der Waals surface area contributed by atoms with E-state index < -0.39 is 28.5 Å². The Bertz CT molecular complexity index is 1060. The molecule has 10 heteroatoms. The molecule has 2 aromatic carbocycles. The van der Waals surface area contributed by atoms with Gasteiger partial charge in [-0.25, -0.2) is 8.42 Å². The van der Waals surface area contributed by atoms with Crippen LogP contribution in [0.5, 0.6) is 11.5 Å². The second-order valence-corrected chi connectivity index (χ2v) is 9.29. The molecular formula is C23H31N3O6S. The summed E-state index contributed by atoms with van der Waals surface area (Å²) in [5.41, 5.74) is 1.01. The van der Waals surface area contributed by atoms with E-state index in [1.807, 2.05) is 0 Å². The number of likely N-dealkylation sites (N-methyl/N-ethyl adjacent to an activating group) is 1. The van der Waals surface area contributed by atoms with E-state index in [4.69, 9.17) is 9.47 Å². The van der Waals surface area contributed by atoms with Crippen LogP contribution in [0.15, 0.2) is 48.5 Å². The first kappa shape index (κ1) is 26.0. The van der Waals surface area contributed by atoms with E-state index in [9.17, 15) is 18.0 Å². The highest BCUT2D eigenvalue weighted by atomic mass is 32.2. The molecule has 2 aromatic rings. The molecule has 0 aliphatic heterocycles. The molecule has 1 N–H and O–H groups in total. The fraction of sp³-hybridized carbons (Fsp3) is 0.391. The minimum atomic E-state index is -3.83. The molecule has 0 aliphatic carbocycles. The number of carbonyl (C=O) groups excluding carboxylic acids is 2. The number of rotatable bonds is 11. The van der Waals surface area contributed by atoms with Crippen LogP contribution < -0.4 is 19.1 Å². The Hall–Kier alpha value is -3.27. The van der Waals surface area contributed by atoms with Gasteiger partial charge in [0.1, 0.15) is 24.1 Å². The molecule has 0 spiro atoms. The van der Waals surface area contributed by atoms with Gasteiger partial charge in [-0.05, 0) is 43.7 Å². The Balaban J connectivity index is 2.40. The Morgan fingerprint density at radius 2 is 1.67 bits per heavy atom. The van der Waals surface area contributed by atoms with Gasteiger partial charge in [0.05, 0.1) is 26.2 Å². The first-order valence-electron chi connectivity index (χ1n) is 10.4. The number of amides is 2. The predicted octanol–water partition coefficient (Wildman–Crippen LogP) is 2.02. The van der Waals surface area contributed by atoms with E-state index in [0.717, 1.165) is 16.1 Å². The van der Waals surface area contributed by atoms with Gasteiger partial charge in [-0.1, -0.05) is 24.3 Å². The molecule has 1 atom stereocenters. The number of carbonyl (C=O) groups is 2. The van der Waals surface area contributed by atoms with Crippen LogP contribution in [0.1, 0.15) is 19.4 Å². The molecule has 9 nitrogen and oxygen atoms in total. The molecule has 0 saturated carbocycles. The van der Waals surface area contributed by atoms with Gasteiger partial charge in [0.25, 0.3) is 0 Å². The van der Waals surface area contributed by atoms with Crippen molar-refractivity contribution in [1.82, 2.24) is 10.2 Å². The number of methoxy groups -OCH3 is 2. The molecular weight excluding hydrogens is 446 g/mol. The second-order valence-electron chi connectivity index (χ2n) is 7.38. The predicted molar refractivity (Wildman–Crippen MR) is 127 cm³/mol. The van der Waals surface area contributed by atoms with Crippen LogP contribution in [0, 0.1) is 0 Å². The molecule has 0 radical (unpaired) electrons. The summed E-state index contributed by atoms with van der Waals surface area (Å²) in [6.07, 6.45) is 1.02. The summed E-state index contributed by atoms with van der Waals surface area (Å²) in [6.45, 7) is 3.43. The van der Waals surface area contributed by atoms with Crippen LogP contribution in [0.3, 0.4) is 0 Å². The lowest BCUT2D eigenvalue weighted by molar-refractivity contribution is -0.139. The second kappa shape index (κ2) is 11.6. The highest BCUT2D eigenvalue weighted by Crippen LogP contribution is 2.29. The van der Waals surface area contributed by atoms with Crippen molar-refractivity contribution < 1.29 is 27.5 Å². The summed E-state index contributed by atoms with van der Waals surface area (Å²) < 4.78 is 36.6. The molecule has 2 rings (SSSR count). The van der Waals surface area contributed by atoms with Crippen molar-refractivity contribution in [2.45, 2.75) is 26.4 Å². The molecule has 0 saturated heterocycles. The Kier molecular flexibility index (Phi) is 9.10. The third kappa shape index (κ3) is 6.85.